The molecule has 0 aliphatic heterocycles. The Hall–Kier alpha value is -1.02. The first-order valence-electron chi connectivity index (χ1n) is 3.74. The van der Waals surface area contributed by atoms with Crippen LogP contribution in [0, 0.1) is 0 Å². The van der Waals surface area contributed by atoms with E-state index in [2.05, 4.69) is 16.9 Å². The van der Waals surface area contributed by atoms with Gasteiger partial charge in [0.25, 0.3) is 0 Å². The molecule has 0 saturated carbocycles. The normalized spacial score (nSPS) is 12.2. The third-order valence-electron chi connectivity index (χ3n) is 1.44. The van der Waals surface area contributed by atoms with Crippen LogP contribution in [0.5, 0.6) is 0 Å². The summed E-state index contributed by atoms with van der Waals surface area (Å²) in [7, 11) is 0. The minimum atomic E-state index is 0.205. The Kier molecular flexibility index (Phi) is 3.11. The number of anilines is 1. The number of pyridine rings is 1. The summed E-state index contributed by atoms with van der Waals surface area (Å²) in [6, 6.07) is 5.67. The van der Waals surface area contributed by atoms with E-state index in [1.807, 2.05) is 25.1 Å². The molecule has 1 aromatic rings. The highest BCUT2D eigenvalue weighted by molar-refractivity contribution is 6.29. The number of halogens is 1. The van der Waals surface area contributed by atoms with Gasteiger partial charge in [-0.05, 0) is 19.1 Å². The summed E-state index contributed by atoms with van der Waals surface area (Å²) in [4.78, 5) is 4.07. The highest BCUT2D eigenvalue weighted by Crippen LogP contribution is 2.09. The second-order valence-corrected chi connectivity index (χ2v) is 2.90. The van der Waals surface area contributed by atoms with E-state index in [9.17, 15) is 0 Å². The fourth-order valence-corrected chi connectivity index (χ4v) is 0.945. The van der Waals surface area contributed by atoms with Crippen LogP contribution in [0.4, 0.5) is 5.82 Å². The molecule has 0 radical (unpaired) electrons. The largest absolute Gasteiger partial charge is 0.364 e. The average Bonchev–Trinajstić information content (AvgIpc) is 2.04. The molecule has 2 nitrogen and oxygen atoms in total. The molecule has 0 aliphatic rings. The maximum atomic E-state index is 5.69. The Bertz CT molecular complexity index is 273. The van der Waals surface area contributed by atoms with Crippen molar-refractivity contribution in [2.75, 3.05) is 5.32 Å². The van der Waals surface area contributed by atoms with Gasteiger partial charge in [0.15, 0.2) is 0 Å². The van der Waals surface area contributed by atoms with Crippen LogP contribution in [0.1, 0.15) is 6.92 Å². The minimum absolute atomic E-state index is 0.205. The van der Waals surface area contributed by atoms with Crippen molar-refractivity contribution in [3.8, 4) is 0 Å². The molecule has 1 unspecified atom stereocenters. The summed E-state index contributed by atoms with van der Waals surface area (Å²) in [5, 5.41) is 3.62. The molecule has 12 heavy (non-hydrogen) atoms. The summed E-state index contributed by atoms with van der Waals surface area (Å²) >= 11 is 5.69. The van der Waals surface area contributed by atoms with Crippen molar-refractivity contribution in [3.05, 3.63) is 36.0 Å². The lowest BCUT2D eigenvalue weighted by atomic mass is 10.3. The monoisotopic (exact) mass is 182 g/mol. The Morgan fingerprint density at radius 3 is 3.00 bits per heavy atom. The summed E-state index contributed by atoms with van der Waals surface area (Å²) in [6.07, 6.45) is 1.81. The SMILES string of the molecule is C=CC(C)Nc1cccc(Cl)n1. The van der Waals surface area contributed by atoms with E-state index >= 15 is 0 Å². The summed E-state index contributed by atoms with van der Waals surface area (Å²) in [6.45, 7) is 5.65. The average molecular weight is 183 g/mol. The van der Waals surface area contributed by atoms with Crippen LogP contribution in [0.2, 0.25) is 5.15 Å². The van der Waals surface area contributed by atoms with Crippen molar-refractivity contribution >= 4 is 17.4 Å². The molecule has 1 atom stereocenters. The highest BCUT2D eigenvalue weighted by atomic mass is 35.5. The van der Waals surface area contributed by atoms with Gasteiger partial charge in [-0.3, -0.25) is 0 Å². The molecule has 0 bridgehead atoms. The number of aromatic nitrogens is 1. The van der Waals surface area contributed by atoms with E-state index < -0.39 is 0 Å². The van der Waals surface area contributed by atoms with Gasteiger partial charge in [0.1, 0.15) is 11.0 Å². The van der Waals surface area contributed by atoms with Gasteiger partial charge in [-0.15, -0.1) is 6.58 Å². The molecule has 0 saturated heterocycles. The molecule has 1 aromatic heterocycles. The Morgan fingerprint density at radius 2 is 2.42 bits per heavy atom. The molecule has 1 heterocycles. The summed E-state index contributed by atoms with van der Waals surface area (Å²) < 4.78 is 0. The number of hydrogen-bond acceptors (Lipinski definition) is 2. The molecule has 1 rings (SSSR count). The molecule has 64 valence electrons. The lowest BCUT2D eigenvalue weighted by molar-refractivity contribution is 0.984. The van der Waals surface area contributed by atoms with Crippen molar-refractivity contribution < 1.29 is 0 Å². The van der Waals surface area contributed by atoms with Gasteiger partial charge in [-0.2, -0.15) is 0 Å². The standard InChI is InChI=1S/C9H11ClN2/c1-3-7(2)11-9-6-4-5-8(10)12-9/h3-7H,1H2,2H3,(H,11,12). The quantitative estimate of drug-likeness (QED) is 0.575. The van der Waals surface area contributed by atoms with Crippen LogP contribution in [-0.4, -0.2) is 11.0 Å². The van der Waals surface area contributed by atoms with Crippen molar-refractivity contribution in [2.45, 2.75) is 13.0 Å². The summed E-state index contributed by atoms with van der Waals surface area (Å²) in [5.74, 6) is 0.773. The fraction of sp³-hybridized carbons (Fsp3) is 0.222. The van der Waals surface area contributed by atoms with Gasteiger partial charge < -0.3 is 5.32 Å². The van der Waals surface area contributed by atoms with E-state index in [1.165, 1.54) is 0 Å². The number of nitrogens with zero attached hydrogens (tertiary/aromatic N) is 1. The second kappa shape index (κ2) is 4.12. The van der Waals surface area contributed by atoms with Crippen molar-refractivity contribution in [3.63, 3.8) is 0 Å². The Morgan fingerprint density at radius 1 is 1.67 bits per heavy atom. The first-order chi connectivity index (χ1) is 5.72. The van der Waals surface area contributed by atoms with Crippen LogP contribution in [0.3, 0.4) is 0 Å². The lowest BCUT2D eigenvalue weighted by Gasteiger charge is -2.08. The predicted molar refractivity (Wildman–Crippen MR) is 52.5 cm³/mol. The van der Waals surface area contributed by atoms with Crippen molar-refractivity contribution in [1.82, 2.24) is 4.98 Å². The summed E-state index contributed by atoms with van der Waals surface area (Å²) in [5.41, 5.74) is 0. The van der Waals surface area contributed by atoms with Gasteiger partial charge in [-0.25, -0.2) is 4.98 Å². The zero-order chi connectivity index (χ0) is 8.97. The molecular weight excluding hydrogens is 172 g/mol. The molecule has 0 amide bonds. The van der Waals surface area contributed by atoms with Crippen molar-refractivity contribution in [2.24, 2.45) is 0 Å². The van der Waals surface area contributed by atoms with Crippen LogP contribution in [-0.2, 0) is 0 Å². The number of hydrogen-bond donors (Lipinski definition) is 1. The molecule has 0 aromatic carbocycles. The van der Waals surface area contributed by atoms with E-state index in [1.54, 1.807) is 6.07 Å². The van der Waals surface area contributed by atoms with Crippen LogP contribution in [0.25, 0.3) is 0 Å². The second-order valence-electron chi connectivity index (χ2n) is 2.51. The smallest absolute Gasteiger partial charge is 0.131 e. The third kappa shape index (κ3) is 2.55. The topological polar surface area (TPSA) is 24.9 Å². The Balaban J connectivity index is 2.69. The van der Waals surface area contributed by atoms with Gasteiger partial charge in [0.05, 0.1) is 0 Å². The van der Waals surface area contributed by atoms with Crippen molar-refractivity contribution in [1.29, 1.82) is 0 Å². The first kappa shape index (κ1) is 9.07. The van der Waals surface area contributed by atoms with E-state index in [0.717, 1.165) is 5.82 Å². The molecular formula is C9H11ClN2. The molecule has 1 N–H and O–H groups in total. The maximum absolute atomic E-state index is 5.69. The molecule has 3 heteroatoms. The maximum Gasteiger partial charge on any atom is 0.131 e. The number of rotatable bonds is 3. The predicted octanol–water partition coefficient (Wildman–Crippen LogP) is 2.72. The molecule has 0 fully saturated rings. The van der Waals surface area contributed by atoms with Gasteiger partial charge in [0.2, 0.25) is 0 Å². The van der Waals surface area contributed by atoms with Gasteiger partial charge in [-0.1, -0.05) is 23.7 Å². The van der Waals surface area contributed by atoms with Gasteiger partial charge in [0, 0.05) is 6.04 Å². The van der Waals surface area contributed by atoms with E-state index in [4.69, 9.17) is 11.6 Å². The molecule has 0 aliphatic carbocycles. The van der Waals surface area contributed by atoms with E-state index in [-0.39, 0.29) is 6.04 Å². The van der Waals surface area contributed by atoms with Gasteiger partial charge >= 0.3 is 0 Å². The lowest BCUT2D eigenvalue weighted by Crippen LogP contribution is -2.12. The zero-order valence-electron chi connectivity index (χ0n) is 6.92. The van der Waals surface area contributed by atoms with E-state index in [0.29, 0.717) is 5.15 Å². The van der Waals surface area contributed by atoms with Crippen LogP contribution in [0.15, 0.2) is 30.9 Å². The minimum Gasteiger partial charge on any atom is -0.364 e. The molecule has 0 spiro atoms. The fourth-order valence-electron chi connectivity index (χ4n) is 0.781. The van der Waals surface area contributed by atoms with Crippen LogP contribution < -0.4 is 5.32 Å². The third-order valence-corrected chi connectivity index (χ3v) is 1.65. The zero-order valence-corrected chi connectivity index (χ0v) is 7.67. The Labute approximate surface area is 77.3 Å². The highest BCUT2D eigenvalue weighted by Gasteiger charge is 1.97. The number of nitrogens with one attached hydrogen (secondary N) is 1. The first-order valence-corrected chi connectivity index (χ1v) is 4.12. The van der Waals surface area contributed by atoms with Crippen LogP contribution >= 0.6 is 11.6 Å².